The SMILES string of the molecule is Cn1nncc1C(=O)C1(N)CC1. The summed E-state index contributed by atoms with van der Waals surface area (Å²) in [5.41, 5.74) is 5.61. The molecule has 0 saturated heterocycles. The number of hydrogen-bond acceptors (Lipinski definition) is 4. The second-order valence-corrected chi connectivity index (χ2v) is 3.23. The zero-order chi connectivity index (χ0) is 8.77. The van der Waals surface area contributed by atoms with Crippen molar-refractivity contribution >= 4 is 5.78 Å². The van der Waals surface area contributed by atoms with Gasteiger partial charge in [0.15, 0.2) is 0 Å². The zero-order valence-electron chi connectivity index (χ0n) is 6.82. The van der Waals surface area contributed by atoms with E-state index < -0.39 is 5.54 Å². The fraction of sp³-hybridized carbons (Fsp3) is 0.571. The van der Waals surface area contributed by atoms with Crippen LogP contribution < -0.4 is 5.73 Å². The predicted molar refractivity (Wildman–Crippen MR) is 41.5 cm³/mol. The minimum Gasteiger partial charge on any atom is -0.319 e. The predicted octanol–water partition coefficient (Wildman–Crippen LogP) is -0.511. The minimum absolute atomic E-state index is 0.0463. The molecule has 12 heavy (non-hydrogen) atoms. The van der Waals surface area contributed by atoms with Crippen molar-refractivity contribution in [3.05, 3.63) is 11.9 Å². The third kappa shape index (κ3) is 0.937. The van der Waals surface area contributed by atoms with Gasteiger partial charge in [0.05, 0.1) is 11.7 Å². The van der Waals surface area contributed by atoms with E-state index in [-0.39, 0.29) is 5.78 Å². The summed E-state index contributed by atoms with van der Waals surface area (Å²) >= 11 is 0. The first-order valence-corrected chi connectivity index (χ1v) is 3.82. The first-order valence-electron chi connectivity index (χ1n) is 3.82. The first-order chi connectivity index (χ1) is 5.63. The molecule has 0 atom stereocenters. The van der Waals surface area contributed by atoms with Crippen LogP contribution in [0.4, 0.5) is 0 Å². The second-order valence-electron chi connectivity index (χ2n) is 3.23. The Kier molecular flexibility index (Phi) is 1.32. The van der Waals surface area contributed by atoms with Crippen LogP contribution in [-0.4, -0.2) is 26.3 Å². The van der Waals surface area contributed by atoms with Gasteiger partial charge in [-0.15, -0.1) is 5.10 Å². The van der Waals surface area contributed by atoms with Gasteiger partial charge in [-0.2, -0.15) is 0 Å². The van der Waals surface area contributed by atoms with E-state index in [9.17, 15) is 4.79 Å². The van der Waals surface area contributed by atoms with Crippen LogP contribution in [0.5, 0.6) is 0 Å². The van der Waals surface area contributed by atoms with Gasteiger partial charge in [0.1, 0.15) is 5.69 Å². The molecule has 1 fully saturated rings. The Hall–Kier alpha value is -1.23. The highest BCUT2D eigenvalue weighted by Gasteiger charge is 2.47. The number of aryl methyl sites for hydroxylation is 1. The van der Waals surface area contributed by atoms with Gasteiger partial charge in [-0.3, -0.25) is 4.79 Å². The Balaban J connectivity index is 2.31. The molecule has 0 aromatic carbocycles. The third-order valence-corrected chi connectivity index (χ3v) is 2.19. The molecule has 0 radical (unpaired) electrons. The molecular formula is C7H10N4O. The average molecular weight is 166 g/mol. The molecule has 1 heterocycles. The Morgan fingerprint density at radius 3 is 2.83 bits per heavy atom. The van der Waals surface area contributed by atoms with Crippen molar-refractivity contribution in [1.29, 1.82) is 0 Å². The van der Waals surface area contributed by atoms with Crippen LogP contribution in [0.3, 0.4) is 0 Å². The molecule has 64 valence electrons. The van der Waals surface area contributed by atoms with E-state index in [1.54, 1.807) is 7.05 Å². The number of carbonyl (C=O) groups is 1. The summed E-state index contributed by atoms with van der Waals surface area (Å²) in [5, 5.41) is 7.29. The monoisotopic (exact) mass is 166 g/mol. The molecule has 1 aliphatic carbocycles. The number of rotatable bonds is 2. The quantitative estimate of drug-likeness (QED) is 0.600. The molecule has 2 N–H and O–H groups in total. The molecule has 0 spiro atoms. The number of Topliss-reactive ketones (excluding diaryl/α,β-unsaturated/α-hetero) is 1. The standard InChI is InChI=1S/C7H10N4O/c1-11-5(4-9-10-11)6(12)7(8)2-3-7/h4H,2-3,8H2,1H3. The van der Waals surface area contributed by atoms with Crippen LogP contribution >= 0.6 is 0 Å². The lowest BCUT2D eigenvalue weighted by Gasteiger charge is -2.05. The smallest absolute Gasteiger partial charge is 0.202 e. The highest BCUT2D eigenvalue weighted by Crippen LogP contribution is 2.35. The molecule has 0 bridgehead atoms. The van der Waals surface area contributed by atoms with Crippen molar-refractivity contribution in [2.45, 2.75) is 18.4 Å². The fourth-order valence-electron chi connectivity index (χ4n) is 1.11. The van der Waals surface area contributed by atoms with Crippen LogP contribution in [0.25, 0.3) is 0 Å². The zero-order valence-corrected chi connectivity index (χ0v) is 6.82. The molecule has 1 aliphatic rings. The van der Waals surface area contributed by atoms with Crippen LogP contribution in [0.15, 0.2) is 6.20 Å². The minimum atomic E-state index is -0.616. The van der Waals surface area contributed by atoms with E-state index in [1.165, 1.54) is 10.9 Å². The maximum absolute atomic E-state index is 11.6. The largest absolute Gasteiger partial charge is 0.319 e. The van der Waals surface area contributed by atoms with Gasteiger partial charge in [-0.05, 0) is 12.8 Å². The van der Waals surface area contributed by atoms with E-state index in [2.05, 4.69) is 10.3 Å². The van der Waals surface area contributed by atoms with Crippen molar-refractivity contribution in [1.82, 2.24) is 15.0 Å². The van der Waals surface area contributed by atoms with E-state index in [4.69, 9.17) is 5.73 Å². The number of ketones is 1. The molecule has 0 unspecified atom stereocenters. The van der Waals surface area contributed by atoms with Crippen molar-refractivity contribution in [2.75, 3.05) is 0 Å². The number of carbonyl (C=O) groups excluding carboxylic acids is 1. The Morgan fingerprint density at radius 1 is 1.75 bits per heavy atom. The second kappa shape index (κ2) is 2.13. The molecule has 1 aromatic rings. The highest BCUT2D eigenvalue weighted by molar-refractivity contribution is 6.03. The number of nitrogens with two attached hydrogens (primary N) is 1. The third-order valence-electron chi connectivity index (χ3n) is 2.19. The van der Waals surface area contributed by atoms with E-state index in [1.807, 2.05) is 0 Å². The van der Waals surface area contributed by atoms with E-state index in [0.717, 1.165) is 12.8 Å². The van der Waals surface area contributed by atoms with Crippen molar-refractivity contribution < 1.29 is 4.79 Å². The molecule has 1 saturated carbocycles. The van der Waals surface area contributed by atoms with Gasteiger partial charge in [0, 0.05) is 7.05 Å². The summed E-state index contributed by atoms with van der Waals surface area (Å²) in [6, 6.07) is 0. The molecule has 2 rings (SSSR count). The van der Waals surface area contributed by atoms with E-state index >= 15 is 0 Å². The van der Waals surface area contributed by atoms with Gasteiger partial charge < -0.3 is 5.73 Å². The fourth-order valence-corrected chi connectivity index (χ4v) is 1.11. The van der Waals surface area contributed by atoms with Crippen molar-refractivity contribution in [3.8, 4) is 0 Å². The van der Waals surface area contributed by atoms with Gasteiger partial charge in [0.2, 0.25) is 5.78 Å². The summed E-state index contributed by atoms with van der Waals surface area (Å²) in [6.45, 7) is 0. The Morgan fingerprint density at radius 2 is 2.42 bits per heavy atom. The molecule has 0 amide bonds. The van der Waals surface area contributed by atoms with E-state index in [0.29, 0.717) is 5.69 Å². The molecule has 0 aliphatic heterocycles. The average Bonchev–Trinajstić information content (AvgIpc) is 2.63. The van der Waals surface area contributed by atoms with Crippen molar-refractivity contribution in [3.63, 3.8) is 0 Å². The molecule has 5 nitrogen and oxygen atoms in total. The Bertz CT molecular complexity index is 326. The summed E-state index contributed by atoms with van der Waals surface area (Å²) < 4.78 is 1.45. The molecule has 1 aromatic heterocycles. The van der Waals surface area contributed by atoms with Gasteiger partial charge in [-0.1, -0.05) is 5.21 Å². The maximum Gasteiger partial charge on any atom is 0.202 e. The summed E-state index contributed by atoms with van der Waals surface area (Å²) in [7, 11) is 1.69. The number of aromatic nitrogens is 3. The normalized spacial score (nSPS) is 19.2. The maximum atomic E-state index is 11.6. The van der Waals surface area contributed by atoms with Crippen LogP contribution in [0.1, 0.15) is 23.3 Å². The molecule has 5 heteroatoms. The van der Waals surface area contributed by atoms with Crippen molar-refractivity contribution in [2.24, 2.45) is 12.8 Å². The van der Waals surface area contributed by atoms with Crippen LogP contribution in [0.2, 0.25) is 0 Å². The van der Waals surface area contributed by atoms with Gasteiger partial charge in [0.25, 0.3) is 0 Å². The summed E-state index contributed by atoms with van der Waals surface area (Å²) in [6.07, 6.45) is 3.00. The van der Waals surface area contributed by atoms with Gasteiger partial charge in [-0.25, -0.2) is 4.68 Å². The van der Waals surface area contributed by atoms with Gasteiger partial charge >= 0.3 is 0 Å². The highest BCUT2D eigenvalue weighted by atomic mass is 16.1. The summed E-state index contributed by atoms with van der Waals surface area (Å²) in [4.78, 5) is 11.6. The number of nitrogens with zero attached hydrogens (tertiary/aromatic N) is 3. The topological polar surface area (TPSA) is 73.8 Å². The lowest BCUT2D eigenvalue weighted by atomic mass is 10.1. The lowest BCUT2D eigenvalue weighted by Crippen LogP contribution is -2.34. The van der Waals surface area contributed by atoms with Crippen LogP contribution in [-0.2, 0) is 7.05 Å². The lowest BCUT2D eigenvalue weighted by molar-refractivity contribution is 0.0940. The molecular weight excluding hydrogens is 156 g/mol. The number of hydrogen-bond donors (Lipinski definition) is 1. The summed E-state index contributed by atoms with van der Waals surface area (Å²) in [5.74, 6) is -0.0463. The first kappa shape index (κ1) is 7.42. The Labute approximate surface area is 69.5 Å². The van der Waals surface area contributed by atoms with Crippen LogP contribution in [0, 0.1) is 0 Å².